The van der Waals surface area contributed by atoms with Gasteiger partial charge in [-0.3, -0.25) is 15.0 Å². The summed E-state index contributed by atoms with van der Waals surface area (Å²) < 4.78 is 0. The number of benzene rings is 1. The summed E-state index contributed by atoms with van der Waals surface area (Å²) >= 11 is 0. The second-order valence-electron chi connectivity index (χ2n) is 3.87. The van der Waals surface area contributed by atoms with Gasteiger partial charge in [0, 0.05) is 12.1 Å². The topological polar surface area (TPSA) is 134 Å². The predicted octanol–water partition coefficient (Wildman–Crippen LogP) is -1.34. The van der Waals surface area contributed by atoms with E-state index in [-0.39, 0.29) is 30.7 Å². The van der Waals surface area contributed by atoms with Gasteiger partial charge in [0.05, 0.1) is 13.1 Å². The zero-order valence-corrected chi connectivity index (χ0v) is 10.4. The summed E-state index contributed by atoms with van der Waals surface area (Å²) in [5.41, 5.74) is 11.9. The van der Waals surface area contributed by atoms with Crippen LogP contribution in [0.25, 0.3) is 0 Å². The lowest BCUT2D eigenvalue weighted by Gasteiger charge is -2.07. The molecule has 0 bridgehead atoms. The second-order valence-corrected chi connectivity index (χ2v) is 3.87. The third kappa shape index (κ3) is 5.17. The minimum absolute atomic E-state index is 0.0000764. The standard InChI is InChI=1S/C12H17N5O2/c13-5-10(18)17-7-11(19)16-6-8-1-3-9(4-2-8)12(14)15/h1-4H,5-7,13H2,(H3,14,15)(H,16,19)(H,17,18). The molecule has 102 valence electrons. The lowest BCUT2D eigenvalue weighted by atomic mass is 10.1. The molecule has 0 aliphatic carbocycles. The van der Waals surface area contributed by atoms with Crippen molar-refractivity contribution in [2.24, 2.45) is 11.5 Å². The molecule has 0 radical (unpaired) electrons. The van der Waals surface area contributed by atoms with Crippen LogP contribution in [0.1, 0.15) is 11.1 Å². The van der Waals surface area contributed by atoms with Crippen molar-refractivity contribution in [1.82, 2.24) is 10.6 Å². The van der Waals surface area contributed by atoms with Crippen LogP contribution in [0.3, 0.4) is 0 Å². The first kappa shape index (κ1) is 14.7. The highest BCUT2D eigenvalue weighted by atomic mass is 16.2. The Labute approximate surface area is 110 Å². The number of carbonyl (C=O) groups is 2. The molecule has 1 aromatic rings. The molecule has 7 nitrogen and oxygen atoms in total. The van der Waals surface area contributed by atoms with Crippen LogP contribution in [0.4, 0.5) is 0 Å². The molecule has 0 heterocycles. The van der Waals surface area contributed by atoms with Crippen LogP contribution in [0, 0.1) is 5.41 Å². The smallest absolute Gasteiger partial charge is 0.239 e. The molecule has 19 heavy (non-hydrogen) atoms. The van der Waals surface area contributed by atoms with Crippen molar-refractivity contribution in [3.05, 3.63) is 35.4 Å². The van der Waals surface area contributed by atoms with Gasteiger partial charge in [-0.05, 0) is 5.56 Å². The van der Waals surface area contributed by atoms with E-state index in [9.17, 15) is 9.59 Å². The summed E-state index contributed by atoms with van der Waals surface area (Å²) in [7, 11) is 0. The molecule has 1 rings (SSSR count). The maximum Gasteiger partial charge on any atom is 0.239 e. The minimum atomic E-state index is -0.374. The maximum absolute atomic E-state index is 11.4. The fraction of sp³-hybridized carbons (Fsp3) is 0.250. The average molecular weight is 263 g/mol. The van der Waals surface area contributed by atoms with E-state index >= 15 is 0 Å². The molecule has 2 amide bonds. The molecule has 0 aliphatic rings. The molecule has 0 spiro atoms. The Bertz CT molecular complexity index is 470. The van der Waals surface area contributed by atoms with Crippen molar-refractivity contribution in [3.63, 3.8) is 0 Å². The third-order valence-electron chi connectivity index (χ3n) is 2.39. The molecule has 7 heteroatoms. The molecular formula is C12H17N5O2. The van der Waals surface area contributed by atoms with Crippen LogP contribution in [-0.4, -0.2) is 30.7 Å². The first-order valence-corrected chi connectivity index (χ1v) is 5.69. The number of hydrogen-bond donors (Lipinski definition) is 5. The number of hydrogen-bond acceptors (Lipinski definition) is 4. The van der Waals surface area contributed by atoms with Crippen LogP contribution >= 0.6 is 0 Å². The lowest BCUT2D eigenvalue weighted by Crippen LogP contribution is -2.39. The predicted molar refractivity (Wildman–Crippen MR) is 71.4 cm³/mol. The molecule has 0 aromatic heterocycles. The van der Waals surface area contributed by atoms with E-state index in [1.54, 1.807) is 24.3 Å². The summed E-state index contributed by atoms with van der Waals surface area (Å²) in [6.07, 6.45) is 0. The molecule has 7 N–H and O–H groups in total. The fourth-order valence-corrected chi connectivity index (χ4v) is 1.32. The van der Waals surface area contributed by atoms with Crippen LogP contribution in [-0.2, 0) is 16.1 Å². The monoisotopic (exact) mass is 263 g/mol. The summed E-state index contributed by atoms with van der Waals surface area (Å²) in [5, 5.41) is 12.3. The van der Waals surface area contributed by atoms with Gasteiger partial charge in [-0.2, -0.15) is 0 Å². The molecule has 0 unspecified atom stereocenters. The van der Waals surface area contributed by atoms with Gasteiger partial charge in [0.25, 0.3) is 0 Å². The van der Waals surface area contributed by atoms with E-state index in [1.807, 2.05) is 0 Å². The van der Waals surface area contributed by atoms with Crippen LogP contribution in [0.15, 0.2) is 24.3 Å². The number of amides is 2. The van der Waals surface area contributed by atoms with Gasteiger partial charge < -0.3 is 22.1 Å². The maximum atomic E-state index is 11.4. The number of carbonyl (C=O) groups excluding carboxylic acids is 2. The van der Waals surface area contributed by atoms with Gasteiger partial charge >= 0.3 is 0 Å². The van der Waals surface area contributed by atoms with Gasteiger partial charge in [-0.25, -0.2) is 0 Å². The summed E-state index contributed by atoms with van der Waals surface area (Å²) in [4.78, 5) is 22.2. The summed E-state index contributed by atoms with van der Waals surface area (Å²) in [6.45, 7) is 0.108. The Balaban J connectivity index is 2.37. The summed E-state index contributed by atoms with van der Waals surface area (Å²) in [6, 6.07) is 6.96. The van der Waals surface area contributed by atoms with Crippen LogP contribution in [0.5, 0.6) is 0 Å². The first-order chi connectivity index (χ1) is 9.02. The molecule has 0 atom stereocenters. The normalized spacial score (nSPS) is 9.74. The SMILES string of the molecule is N=C(N)c1ccc(CNC(=O)CNC(=O)CN)cc1. The van der Waals surface area contributed by atoms with E-state index < -0.39 is 0 Å². The molecule has 0 aliphatic heterocycles. The quantitative estimate of drug-likeness (QED) is 0.321. The average Bonchev–Trinajstić information content (AvgIpc) is 2.42. The highest BCUT2D eigenvalue weighted by Crippen LogP contribution is 2.03. The number of nitrogen functional groups attached to an aromatic ring is 1. The van der Waals surface area contributed by atoms with Gasteiger partial charge in [-0.15, -0.1) is 0 Å². The number of rotatable bonds is 6. The van der Waals surface area contributed by atoms with E-state index in [2.05, 4.69) is 10.6 Å². The molecule has 0 fully saturated rings. The van der Waals surface area contributed by atoms with Gasteiger partial charge in [0.1, 0.15) is 5.84 Å². The van der Waals surface area contributed by atoms with Gasteiger partial charge in [-0.1, -0.05) is 24.3 Å². The van der Waals surface area contributed by atoms with E-state index in [0.717, 1.165) is 5.56 Å². The Morgan fingerprint density at radius 1 is 1.11 bits per heavy atom. The van der Waals surface area contributed by atoms with Crippen molar-refractivity contribution in [3.8, 4) is 0 Å². The van der Waals surface area contributed by atoms with Crippen molar-refractivity contribution in [1.29, 1.82) is 5.41 Å². The first-order valence-electron chi connectivity index (χ1n) is 5.69. The lowest BCUT2D eigenvalue weighted by molar-refractivity contribution is -0.125. The largest absolute Gasteiger partial charge is 0.384 e. The zero-order chi connectivity index (χ0) is 14.3. The molecular weight excluding hydrogens is 246 g/mol. The van der Waals surface area contributed by atoms with Crippen molar-refractivity contribution in [2.45, 2.75) is 6.54 Å². The Hall–Kier alpha value is -2.41. The molecule has 0 saturated heterocycles. The van der Waals surface area contributed by atoms with E-state index in [4.69, 9.17) is 16.9 Å². The molecule has 1 aromatic carbocycles. The third-order valence-corrected chi connectivity index (χ3v) is 2.39. The van der Waals surface area contributed by atoms with Crippen LogP contribution < -0.4 is 22.1 Å². The highest BCUT2D eigenvalue weighted by Gasteiger charge is 2.04. The van der Waals surface area contributed by atoms with E-state index in [1.165, 1.54) is 0 Å². The summed E-state index contributed by atoms with van der Waals surface area (Å²) in [5.74, 6) is -0.668. The molecule has 0 saturated carbocycles. The highest BCUT2D eigenvalue weighted by molar-refractivity contribution is 5.94. The van der Waals surface area contributed by atoms with Crippen molar-refractivity contribution >= 4 is 17.6 Å². The zero-order valence-electron chi connectivity index (χ0n) is 10.4. The number of nitrogens with one attached hydrogen (secondary N) is 3. The fourth-order valence-electron chi connectivity index (χ4n) is 1.32. The van der Waals surface area contributed by atoms with Crippen molar-refractivity contribution in [2.75, 3.05) is 13.1 Å². The Morgan fingerprint density at radius 2 is 1.74 bits per heavy atom. The minimum Gasteiger partial charge on any atom is -0.384 e. The number of nitrogens with two attached hydrogens (primary N) is 2. The van der Waals surface area contributed by atoms with Gasteiger partial charge in [0.15, 0.2) is 0 Å². The van der Waals surface area contributed by atoms with Gasteiger partial charge in [0.2, 0.25) is 11.8 Å². The van der Waals surface area contributed by atoms with Crippen molar-refractivity contribution < 1.29 is 9.59 Å². The second kappa shape index (κ2) is 7.12. The number of amidine groups is 1. The Kier molecular flexibility index (Phi) is 5.49. The Morgan fingerprint density at radius 3 is 2.26 bits per heavy atom. The van der Waals surface area contributed by atoms with Crippen LogP contribution in [0.2, 0.25) is 0 Å². The van der Waals surface area contributed by atoms with E-state index in [0.29, 0.717) is 12.1 Å².